The molecule has 2 aromatic carbocycles. The van der Waals surface area contributed by atoms with Gasteiger partial charge in [0.2, 0.25) is 5.91 Å². The smallest absolute Gasteiger partial charge is 0.224 e. The SMILES string of the molecule is CCCCCCC(=O)Nc1ccc2cc(Br)ccc2c1. The Morgan fingerprint density at radius 1 is 1.05 bits per heavy atom. The fraction of sp³-hybridized carbons (Fsp3) is 0.353. The van der Waals surface area contributed by atoms with Crippen LogP contribution in [0.25, 0.3) is 10.8 Å². The van der Waals surface area contributed by atoms with E-state index < -0.39 is 0 Å². The lowest BCUT2D eigenvalue weighted by Crippen LogP contribution is -2.10. The van der Waals surface area contributed by atoms with Crippen molar-refractivity contribution in [2.45, 2.75) is 39.0 Å². The second-order valence-corrected chi connectivity index (χ2v) is 5.98. The van der Waals surface area contributed by atoms with Gasteiger partial charge in [-0.05, 0) is 41.5 Å². The first-order valence-corrected chi connectivity index (χ1v) is 7.97. The van der Waals surface area contributed by atoms with Crippen molar-refractivity contribution in [1.82, 2.24) is 0 Å². The molecule has 0 bridgehead atoms. The molecule has 0 unspecified atom stereocenters. The first-order chi connectivity index (χ1) is 9.69. The van der Waals surface area contributed by atoms with E-state index in [0.717, 1.165) is 28.4 Å². The predicted octanol–water partition coefficient (Wildman–Crippen LogP) is 5.51. The number of carbonyl (C=O) groups is 1. The Morgan fingerprint density at radius 2 is 1.80 bits per heavy atom. The van der Waals surface area contributed by atoms with Gasteiger partial charge in [0.15, 0.2) is 0 Å². The molecule has 106 valence electrons. The summed E-state index contributed by atoms with van der Waals surface area (Å²) in [6.07, 6.45) is 5.12. The number of carbonyl (C=O) groups excluding carboxylic acids is 1. The Bertz CT molecular complexity index is 595. The minimum Gasteiger partial charge on any atom is -0.326 e. The topological polar surface area (TPSA) is 29.1 Å². The Kier molecular flexibility index (Phi) is 5.60. The highest BCUT2D eigenvalue weighted by molar-refractivity contribution is 9.10. The van der Waals surface area contributed by atoms with Crippen LogP contribution in [0.5, 0.6) is 0 Å². The van der Waals surface area contributed by atoms with Crippen LogP contribution in [0.15, 0.2) is 40.9 Å². The maximum absolute atomic E-state index is 11.8. The zero-order chi connectivity index (χ0) is 14.4. The molecule has 0 aliphatic carbocycles. The second-order valence-electron chi connectivity index (χ2n) is 5.07. The van der Waals surface area contributed by atoms with Crippen LogP contribution < -0.4 is 5.32 Å². The highest BCUT2D eigenvalue weighted by atomic mass is 79.9. The maximum Gasteiger partial charge on any atom is 0.224 e. The monoisotopic (exact) mass is 333 g/mol. The number of nitrogens with one attached hydrogen (secondary N) is 1. The van der Waals surface area contributed by atoms with Crippen LogP contribution in [0.1, 0.15) is 39.0 Å². The largest absolute Gasteiger partial charge is 0.326 e. The van der Waals surface area contributed by atoms with Gasteiger partial charge in [-0.1, -0.05) is 54.2 Å². The van der Waals surface area contributed by atoms with Crippen LogP contribution in [0.3, 0.4) is 0 Å². The van der Waals surface area contributed by atoms with Crippen molar-refractivity contribution < 1.29 is 4.79 Å². The van der Waals surface area contributed by atoms with Gasteiger partial charge in [-0.3, -0.25) is 4.79 Å². The van der Waals surface area contributed by atoms with Crippen molar-refractivity contribution in [3.05, 3.63) is 40.9 Å². The standard InChI is InChI=1S/C17H20BrNO/c1-2-3-4-5-6-17(20)19-16-10-8-13-11-15(18)9-7-14(13)12-16/h7-12H,2-6H2,1H3,(H,19,20). The Labute approximate surface area is 128 Å². The van der Waals surface area contributed by atoms with Gasteiger partial charge in [0.25, 0.3) is 0 Å². The lowest BCUT2D eigenvalue weighted by Gasteiger charge is -2.07. The Hall–Kier alpha value is -1.35. The van der Waals surface area contributed by atoms with Gasteiger partial charge in [-0.25, -0.2) is 0 Å². The minimum absolute atomic E-state index is 0.109. The van der Waals surface area contributed by atoms with E-state index in [1.807, 2.05) is 24.3 Å². The lowest BCUT2D eigenvalue weighted by atomic mass is 10.1. The Balaban J connectivity index is 1.96. The fourth-order valence-electron chi connectivity index (χ4n) is 2.23. The van der Waals surface area contributed by atoms with Gasteiger partial charge in [-0.2, -0.15) is 0 Å². The van der Waals surface area contributed by atoms with Crippen molar-refractivity contribution in [2.75, 3.05) is 5.32 Å². The number of anilines is 1. The molecule has 0 spiro atoms. The lowest BCUT2D eigenvalue weighted by molar-refractivity contribution is -0.116. The van der Waals surface area contributed by atoms with Crippen LogP contribution in [-0.4, -0.2) is 5.91 Å². The van der Waals surface area contributed by atoms with E-state index in [-0.39, 0.29) is 5.91 Å². The molecule has 20 heavy (non-hydrogen) atoms. The van der Waals surface area contributed by atoms with Crippen molar-refractivity contribution in [2.24, 2.45) is 0 Å². The molecule has 1 amide bonds. The average Bonchev–Trinajstić information content (AvgIpc) is 2.44. The summed E-state index contributed by atoms with van der Waals surface area (Å²) in [6.45, 7) is 2.17. The van der Waals surface area contributed by atoms with Crippen molar-refractivity contribution in [3.63, 3.8) is 0 Å². The van der Waals surface area contributed by atoms with Gasteiger partial charge >= 0.3 is 0 Å². The molecule has 0 heterocycles. The molecule has 2 rings (SSSR count). The summed E-state index contributed by atoms with van der Waals surface area (Å²) in [4.78, 5) is 11.8. The van der Waals surface area contributed by atoms with Gasteiger partial charge in [0, 0.05) is 16.6 Å². The summed E-state index contributed by atoms with van der Waals surface area (Å²) in [5.74, 6) is 0.109. The molecule has 0 radical (unpaired) electrons. The third-order valence-electron chi connectivity index (χ3n) is 3.34. The van der Waals surface area contributed by atoms with Crippen molar-refractivity contribution in [3.8, 4) is 0 Å². The molecule has 3 heteroatoms. The van der Waals surface area contributed by atoms with E-state index in [1.165, 1.54) is 18.2 Å². The molecule has 1 N–H and O–H groups in total. The second kappa shape index (κ2) is 7.44. The summed E-state index contributed by atoms with van der Waals surface area (Å²) < 4.78 is 1.07. The normalized spacial score (nSPS) is 10.7. The number of halogens is 1. The molecule has 2 aromatic rings. The summed E-state index contributed by atoms with van der Waals surface area (Å²) in [5, 5.41) is 5.28. The predicted molar refractivity (Wildman–Crippen MR) is 89.0 cm³/mol. The third-order valence-corrected chi connectivity index (χ3v) is 3.84. The quantitative estimate of drug-likeness (QED) is 0.693. The minimum atomic E-state index is 0.109. The van der Waals surface area contributed by atoms with Crippen LogP contribution in [0, 0.1) is 0 Å². The summed E-state index contributed by atoms with van der Waals surface area (Å²) in [6, 6.07) is 12.2. The number of amides is 1. The molecular weight excluding hydrogens is 314 g/mol. The molecule has 0 aliphatic rings. The fourth-order valence-corrected chi connectivity index (χ4v) is 2.61. The number of fused-ring (bicyclic) bond motifs is 1. The van der Waals surface area contributed by atoms with E-state index in [1.54, 1.807) is 0 Å². The molecule has 0 fully saturated rings. The highest BCUT2D eigenvalue weighted by Gasteiger charge is 2.03. The van der Waals surface area contributed by atoms with Crippen LogP contribution in [0.4, 0.5) is 5.69 Å². The first kappa shape index (κ1) is 15.0. The van der Waals surface area contributed by atoms with E-state index in [0.29, 0.717) is 6.42 Å². The molecule has 0 saturated carbocycles. The van der Waals surface area contributed by atoms with E-state index in [2.05, 4.69) is 40.3 Å². The molecular formula is C17H20BrNO. The van der Waals surface area contributed by atoms with E-state index in [4.69, 9.17) is 0 Å². The van der Waals surface area contributed by atoms with Crippen LogP contribution in [0.2, 0.25) is 0 Å². The molecule has 0 saturated heterocycles. The maximum atomic E-state index is 11.8. The number of hydrogen-bond donors (Lipinski definition) is 1. The number of unbranched alkanes of at least 4 members (excludes halogenated alkanes) is 3. The van der Waals surface area contributed by atoms with Gasteiger partial charge in [-0.15, -0.1) is 0 Å². The van der Waals surface area contributed by atoms with Crippen LogP contribution >= 0.6 is 15.9 Å². The molecule has 0 aromatic heterocycles. The summed E-state index contributed by atoms with van der Waals surface area (Å²) in [5.41, 5.74) is 0.875. The number of rotatable bonds is 6. The molecule has 0 atom stereocenters. The van der Waals surface area contributed by atoms with Gasteiger partial charge in [0.05, 0.1) is 0 Å². The highest BCUT2D eigenvalue weighted by Crippen LogP contribution is 2.23. The van der Waals surface area contributed by atoms with E-state index in [9.17, 15) is 4.79 Å². The van der Waals surface area contributed by atoms with E-state index >= 15 is 0 Å². The Morgan fingerprint density at radius 3 is 2.60 bits per heavy atom. The average molecular weight is 334 g/mol. The first-order valence-electron chi connectivity index (χ1n) is 7.18. The number of benzene rings is 2. The van der Waals surface area contributed by atoms with Crippen LogP contribution in [-0.2, 0) is 4.79 Å². The summed E-state index contributed by atoms with van der Waals surface area (Å²) in [7, 11) is 0. The van der Waals surface area contributed by atoms with Gasteiger partial charge in [0.1, 0.15) is 0 Å². The summed E-state index contributed by atoms with van der Waals surface area (Å²) >= 11 is 3.46. The zero-order valence-corrected chi connectivity index (χ0v) is 13.4. The zero-order valence-electron chi connectivity index (χ0n) is 11.8. The van der Waals surface area contributed by atoms with Gasteiger partial charge < -0.3 is 5.32 Å². The van der Waals surface area contributed by atoms with Crippen molar-refractivity contribution in [1.29, 1.82) is 0 Å². The molecule has 2 nitrogen and oxygen atoms in total. The molecule has 0 aliphatic heterocycles. The third kappa shape index (κ3) is 4.34. The van der Waals surface area contributed by atoms with Crippen molar-refractivity contribution >= 4 is 38.3 Å². The number of hydrogen-bond acceptors (Lipinski definition) is 1.